The number of fused-ring (bicyclic) bond motifs is 1. The van der Waals surface area contributed by atoms with Gasteiger partial charge in [-0.3, -0.25) is 14.4 Å². The monoisotopic (exact) mass is 879 g/mol. The minimum absolute atomic E-state index is 0.0384. The lowest BCUT2D eigenvalue weighted by atomic mass is 10.0. The fourth-order valence-corrected chi connectivity index (χ4v) is 9.71. The molecule has 0 aliphatic heterocycles. The molecule has 1 heterocycles. The molecule has 0 radical (unpaired) electrons. The van der Waals surface area contributed by atoms with Gasteiger partial charge in [0.1, 0.15) is 46.3 Å². The lowest BCUT2D eigenvalue weighted by Crippen LogP contribution is -2.29. The number of Topliss-reactive ketones (excluding diaryl/α,β-unsaturated/α-hetero) is 1. The van der Waals surface area contributed by atoms with Gasteiger partial charge in [0.25, 0.3) is 10.0 Å². The van der Waals surface area contributed by atoms with Crippen molar-refractivity contribution in [1.82, 2.24) is 10.0 Å². The molecule has 0 saturated heterocycles. The minimum atomic E-state index is -4.67. The van der Waals surface area contributed by atoms with E-state index in [9.17, 15) is 36.7 Å². The van der Waals surface area contributed by atoms with Crippen molar-refractivity contribution in [2.75, 3.05) is 26.0 Å². The molecule has 60 heavy (non-hydrogen) atoms. The number of hydrogen-bond donors (Lipinski definition) is 3. The summed E-state index contributed by atoms with van der Waals surface area (Å²) in [6, 6.07) is 20.1. The summed E-state index contributed by atoms with van der Waals surface area (Å²) < 4.78 is 77.9. The zero-order chi connectivity index (χ0) is 43.6. The van der Waals surface area contributed by atoms with Crippen LogP contribution in [0.5, 0.6) is 23.0 Å². The van der Waals surface area contributed by atoms with Crippen LogP contribution in [0.2, 0.25) is 0 Å². The fraction of sp³-hybridized carbons (Fsp3) is 0.286. The zero-order valence-electron chi connectivity index (χ0n) is 33.2. The number of sulfonamides is 1. The molecule has 316 valence electrons. The van der Waals surface area contributed by atoms with Gasteiger partial charge >= 0.3 is 13.6 Å². The highest BCUT2D eigenvalue weighted by Crippen LogP contribution is 2.43. The Hall–Kier alpha value is -5.63. The number of carbonyl (C=O) groups is 3. The lowest BCUT2D eigenvalue weighted by molar-refractivity contribution is -0.132. The van der Waals surface area contributed by atoms with E-state index < -0.39 is 35.7 Å². The van der Waals surface area contributed by atoms with Gasteiger partial charge in [0.2, 0.25) is 5.91 Å². The second kappa shape index (κ2) is 20.1. The molecule has 0 aliphatic carbocycles. The molecular weight excluding hydrogens is 837 g/mol. The highest BCUT2D eigenvalue weighted by atomic mass is 32.2. The molecular formula is C42H43FN3O11PS2. The fourth-order valence-electron chi connectivity index (χ4n) is 5.76. The van der Waals surface area contributed by atoms with Gasteiger partial charge in [0.15, 0.2) is 11.5 Å². The van der Waals surface area contributed by atoms with Gasteiger partial charge in [-0.05, 0) is 90.7 Å². The van der Waals surface area contributed by atoms with Crippen LogP contribution in [-0.2, 0) is 41.8 Å². The number of nitrogens with one attached hydrogen (secondary N) is 2. The highest BCUT2D eigenvalue weighted by Gasteiger charge is 2.27. The Balaban J connectivity index is 1.25. The van der Waals surface area contributed by atoms with E-state index in [0.717, 1.165) is 51.8 Å². The molecule has 18 heteroatoms. The van der Waals surface area contributed by atoms with E-state index in [1.807, 2.05) is 32.0 Å². The van der Waals surface area contributed by atoms with Crippen LogP contribution in [0.3, 0.4) is 0 Å². The van der Waals surface area contributed by atoms with E-state index in [2.05, 4.69) is 10.0 Å². The minimum Gasteiger partial charge on any atom is -0.490 e. The van der Waals surface area contributed by atoms with E-state index in [0.29, 0.717) is 27.8 Å². The van der Waals surface area contributed by atoms with Crippen molar-refractivity contribution >= 4 is 56.7 Å². The molecule has 0 spiro atoms. The molecule has 0 bridgehead atoms. The number of halogens is 1. The van der Waals surface area contributed by atoms with Crippen molar-refractivity contribution in [2.24, 2.45) is 0 Å². The third-order valence-electron chi connectivity index (χ3n) is 8.97. The van der Waals surface area contributed by atoms with Gasteiger partial charge < -0.3 is 28.9 Å². The van der Waals surface area contributed by atoms with Crippen molar-refractivity contribution in [3.8, 4) is 29.1 Å². The topological polar surface area (TPSA) is 207 Å². The first-order valence-corrected chi connectivity index (χ1v) is 22.6. The lowest BCUT2D eigenvalue weighted by Gasteiger charge is -2.14. The van der Waals surface area contributed by atoms with Crippen LogP contribution in [-0.4, -0.2) is 57.0 Å². The van der Waals surface area contributed by atoms with Gasteiger partial charge in [0.05, 0.1) is 25.1 Å². The summed E-state index contributed by atoms with van der Waals surface area (Å²) in [5.74, 6) is -1.19. The summed E-state index contributed by atoms with van der Waals surface area (Å²) in [6.45, 7) is 7.36. The maximum absolute atomic E-state index is 14.0. The zero-order valence-corrected chi connectivity index (χ0v) is 35.7. The summed E-state index contributed by atoms with van der Waals surface area (Å²) in [4.78, 5) is 47.3. The van der Waals surface area contributed by atoms with Crippen LogP contribution >= 0.6 is 18.9 Å². The number of amides is 1. The maximum Gasteiger partial charge on any atom is 0.391 e. The maximum atomic E-state index is 14.0. The SMILES string of the molecule is CC(=O)Oc1cc(CC(=O)CCCOc2cc3sc(S(=O)(=O)NCP(=O)(O)Oc4ccc(C#N)c(F)c4)cc3cc2OCCNC(=O)Cc2ccc(C)c(C)c2)ccc1C. The number of rotatable bonds is 20. The Labute approximate surface area is 350 Å². The normalized spacial score (nSPS) is 12.3. The average Bonchev–Trinajstić information content (AvgIpc) is 3.61. The van der Waals surface area contributed by atoms with Crippen molar-refractivity contribution in [1.29, 1.82) is 5.26 Å². The molecule has 0 fully saturated rings. The highest BCUT2D eigenvalue weighted by molar-refractivity contribution is 7.92. The number of esters is 1. The summed E-state index contributed by atoms with van der Waals surface area (Å²) in [7, 11) is -9.04. The summed E-state index contributed by atoms with van der Waals surface area (Å²) in [5, 5.41) is 12.2. The smallest absolute Gasteiger partial charge is 0.391 e. The van der Waals surface area contributed by atoms with E-state index in [4.69, 9.17) is 24.0 Å². The summed E-state index contributed by atoms with van der Waals surface area (Å²) >= 11 is 0.853. The molecule has 0 aliphatic rings. The summed E-state index contributed by atoms with van der Waals surface area (Å²) in [5.41, 5.74) is 4.23. The van der Waals surface area contributed by atoms with Gasteiger partial charge in [-0.25, -0.2) is 17.4 Å². The van der Waals surface area contributed by atoms with Gasteiger partial charge in [-0.1, -0.05) is 30.3 Å². The van der Waals surface area contributed by atoms with Crippen LogP contribution in [0.4, 0.5) is 4.39 Å². The molecule has 4 aromatic carbocycles. The van der Waals surface area contributed by atoms with Crippen LogP contribution < -0.4 is 28.8 Å². The Kier molecular flexibility index (Phi) is 15.2. The predicted octanol–water partition coefficient (Wildman–Crippen LogP) is 6.97. The number of carbonyl (C=O) groups excluding carboxylic acids is 3. The predicted molar refractivity (Wildman–Crippen MR) is 223 cm³/mol. The van der Waals surface area contributed by atoms with Gasteiger partial charge in [-0.2, -0.15) is 9.98 Å². The van der Waals surface area contributed by atoms with Crippen molar-refractivity contribution in [3.05, 3.63) is 112 Å². The molecule has 0 saturated carbocycles. The van der Waals surface area contributed by atoms with Crippen molar-refractivity contribution < 1.29 is 55.4 Å². The van der Waals surface area contributed by atoms with Crippen molar-refractivity contribution in [2.45, 2.75) is 57.6 Å². The first-order valence-electron chi connectivity index (χ1n) is 18.6. The number of aryl methyl sites for hydroxylation is 3. The first-order chi connectivity index (χ1) is 28.4. The number of nitriles is 1. The molecule has 1 unspecified atom stereocenters. The van der Waals surface area contributed by atoms with Crippen LogP contribution in [0.25, 0.3) is 10.1 Å². The quantitative estimate of drug-likeness (QED) is 0.0314. The largest absolute Gasteiger partial charge is 0.490 e. The number of ether oxygens (including phenoxy) is 3. The second-order valence-electron chi connectivity index (χ2n) is 13.8. The number of benzene rings is 4. The second-order valence-corrected chi connectivity index (χ2v) is 18.7. The Morgan fingerprint density at radius 3 is 2.27 bits per heavy atom. The Morgan fingerprint density at radius 2 is 1.57 bits per heavy atom. The van der Waals surface area contributed by atoms with Gasteiger partial charge in [-0.15, -0.1) is 11.3 Å². The van der Waals surface area contributed by atoms with E-state index in [-0.39, 0.29) is 77.7 Å². The third kappa shape index (κ3) is 12.9. The molecule has 1 aromatic heterocycles. The number of hydrogen-bond acceptors (Lipinski definition) is 12. The molecule has 5 aromatic rings. The number of ketones is 1. The van der Waals surface area contributed by atoms with Crippen LogP contribution in [0, 0.1) is 37.9 Å². The van der Waals surface area contributed by atoms with E-state index in [1.165, 1.54) is 13.0 Å². The summed E-state index contributed by atoms with van der Waals surface area (Å²) in [6.07, 6.45) is -0.230. The van der Waals surface area contributed by atoms with Crippen LogP contribution in [0.15, 0.2) is 77.0 Å². The first kappa shape index (κ1) is 45.5. The third-order valence-corrected chi connectivity index (χ3v) is 13.2. The number of nitrogens with zero attached hydrogens (tertiary/aromatic N) is 1. The number of thiophene rings is 1. The van der Waals surface area contributed by atoms with E-state index >= 15 is 0 Å². The van der Waals surface area contributed by atoms with Gasteiger partial charge in [0, 0.05) is 36.6 Å². The molecule has 5 rings (SSSR count). The van der Waals surface area contributed by atoms with E-state index in [1.54, 1.807) is 43.3 Å². The molecule has 1 atom stereocenters. The molecule has 14 nitrogen and oxygen atoms in total. The standard InChI is InChI=1S/C42H43FN3O11PS2/c1-26-7-9-30(16-28(26)3)19-41(49)45-13-15-55-38-20-33-21-42(60(52,53)46-25-58(50,51)57-35-12-11-32(24-44)36(43)22-35)59-40(33)23-39(38)54-14-5-6-34(48)17-31-10-8-27(2)37(18-31)56-29(4)47/h7-12,16,18,20-23,46H,5-6,13-15,17,19,25H2,1-4H3,(H,45,49)(H,50,51). The molecule has 1 amide bonds. The molecule has 3 N–H and O–H groups in total. The average molecular weight is 880 g/mol. The Morgan fingerprint density at radius 1 is 0.867 bits per heavy atom. The van der Waals surface area contributed by atoms with Crippen molar-refractivity contribution in [3.63, 3.8) is 0 Å². The Bertz CT molecular complexity index is 2630. The van der Waals surface area contributed by atoms with Crippen LogP contribution in [0.1, 0.15) is 53.1 Å².